The summed E-state index contributed by atoms with van der Waals surface area (Å²) in [5.74, 6) is 0.749. The molecular weight excluding hydrogens is 286 g/mol. The highest BCUT2D eigenvalue weighted by atomic mass is 16.1. The first-order chi connectivity index (χ1) is 11.3. The van der Waals surface area contributed by atoms with Crippen molar-refractivity contribution in [2.75, 3.05) is 23.7 Å². The van der Waals surface area contributed by atoms with Crippen molar-refractivity contribution < 1.29 is 4.79 Å². The lowest BCUT2D eigenvalue weighted by Gasteiger charge is -2.10. The molecule has 3 N–H and O–H groups in total. The minimum absolute atomic E-state index is 0.0978. The molecule has 1 fully saturated rings. The van der Waals surface area contributed by atoms with Gasteiger partial charge in [-0.25, -0.2) is 0 Å². The van der Waals surface area contributed by atoms with Gasteiger partial charge in [0, 0.05) is 23.5 Å². The Balaban J connectivity index is 1.47. The van der Waals surface area contributed by atoms with Crippen LogP contribution in [0.1, 0.15) is 19.3 Å². The number of hydrogen-bond acceptors (Lipinski definition) is 3. The zero-order chi connectivity index (χ0) is 15.9. The van der Waals surface area contributed by atoms with Crippen molar-refractivity contribution >= 4 is 23.0 Å². The van der Waals surface area contributed by atoms with E-state index in [-0.39, 0.29) is 5.91 Å². The summed E-state index contributed by atoms with van der Waals surface area (Å²) >= 11 is 0. The number of anilines is 3. The first-order valence-electron chi connectivity index (χ1n) is 8.22. The molecule has 0 aliphatic carbocycles. The fourth-order valence-electron chi connectivity index (χ4n) is 2.84. The summed E-state index contributed by atoms with van der Waals surface area (Å²) in [5, 5.41) is 9.63. The molecule has 1 atom stereocenters. The Kier molecular flexibility index (Phi) is 5.27. The highest BCUT2D eigenvalue weighted by Crippen LogP contribution is 2.19. The Hall–Kier alpha value is -2.33. The molecule has 3 rings (SSSR count). The van der Waals surface area contributed by atoms with Crippen LogP contribution in [0.2, 0.25) is 0 Å². The summed E-state index contributed by atoms with van der Waals surface area (Å²) in [6.07, 6.45) is 2.75. The molecule has 23 heavy (non-hydrogen) atoms. The van der Waals surface area contributed by atoms with E-state index in [0.717, 1.165) is 36.6 Å². The average Bonchev–Trinajstić information content (AvgIpc) is 3.09. The Labute approximate surface area is 137 Å². The van der Waals surface area contributed by atoms with Crippen LogP contribution >= 0.6 is 0 Å². The molecule has 0 bridgehead atoms. The third kappa shape index (κ3) is 4.83. The van der Waals surface area contributed by atoms with Crippen LogP contribution in [0.3, 0.4) is 0 Å². The van der Waals surface area contributed by atoms with Crippen LogP contribution in [0.4, 0.5) is 17.1 Å². The first kappa shape index (κ1) is 15.6. The quantitative estimate of drug-likeness (QED) is 0.761. The monoisotopic (exact) mass is 309 g/mol. The van der Waals surface area contributed by atoms with E-state index in [9.17, 15) is 4.79 Å². The fraction of sp³-hybridized carbons (Fsp3) is 0.316. The zero-order valence-electron chi connectivity index (χ0n) is 13.2. The summed E-state index contributed by atoms with van der Waals surface area (Å²) in [7, 11) is 0. The van der Waals surface area contributed by atoms with Crippen LogP contribution in [-0.2, 0) is 4.79 Å². The molecule has 4 nitrogen and oxygen atoms in total. The normalized spacial score (nSPS) is 17.0. The molecule has 4 heteroatoms. The van der Waals surface area contributed by atoms with Gasteiger partial charge in [0.25, 0.3) is 0 Å². The number of rotatable bonds is 6. The van der Waals surface area contributed by atoms with E-state index < -0.39 is 0 Å². The smallest absolute Gasteiger partial charge is 0.224 e. The largest absolute Gasteiger partial charge is 0.356 e. The number of nitrogens with one attached hydrogen (secondary N) is 3. The van der Waals surface area contributed by atoms with Crippen LogP contribution < -0.4 is 16.0 Å². The highest BCUT2D eigenvalue weighted by Gasteiger charge is 2.15. The highest BCUT2D eigenvalue weighted by molar-refractivity contribution is 5.90. The summed E-state index contributed by atoms with van der Waals surface area (Å²) in [4.78, 5) is 12.0. The maximum atomic E-state index is 12.0. The van der Waals surface area contributed by atoms with Gasteiger partial charge in [-0.05, 0) is 68.2 Å². The Bertz CT molecular complexity index is 619. The van der Waals surface area contributed by atoms with Crippen LogP contribution in [0.5, 0.6) is 0 Å². The molecule has 1 aliphatic rings. The van der Waals surface area contributed by atoms with Gasteiger partial charge in [-0.2, -0.15) is 0 Å². The minimum Gasteiger partial charge on any atom is -0.356 e. The SMILES string of the molecule is O=C(CCC1CCNC1)Nc1ccc(Nc2ccccc2)cc1. The molecule has 120 valence electrons. The first-order valence-corrected chi connectivity index (χ1v) is 8.22. The van der Waals surface area contributed by atoms with E-state index in [1.54, 1.807) is 0 Å². The molecule has 0 spiro atoms. The van der Waals surface area contributed by atoms with E-state index >= 15 is 0 Å². The van der Waals surface area contributed by atoms with Gasteiger partial charge in [0.1, 0.15) is 0 Å². The van der Waals surface area contributed by atoms with Crippen molar-refractivity contribution in [3.05, 3.63) is 54.6 Å². The van der Waals surface area contributed by atoms with Crippen molar-refractivity contribution in [3.8, 4) is 0 Å². The lowest BCUT2D eigenvalue weighted by molar-refractivity contribution is -0.116. The van der Waals surface area contributed by atoms with Crippen LogP contribution in [0.15, 0.2) is 54.6 Å². The van der Waals surface area contributed by atoms with Gasteiger partial charge in [0.05, 0.1) is 0 Å². The van der Waals surface area contributed by atoms with Gasteiger partial charge in [-0.15, -0.1) is 0 Å². The van der Waals surface area contributed by atoms with Gasteiger partial charge in [-0.3, -0.25) is 4.79 Å². The van der Waals surface area contributed by atoms with Gasteiger partial charge in [0.15, 0.2) is 0 Å². The second-order valence-electron chi connectivity index (χ2n) is 6.01. The zero-order valence-corrected chi connectivity index (χ0v) is 13.2. The van der Waals surface area contributed by atoms with E-state index in [1.165, 1.54) is 6.42 Å². The van der Waals surface area contributed by atoms with Crippen molar-refractivity contribution in [1.82, 2.24) is 5.32 Å². The topological polar surface area (TPSA) is 53.2 Å². The fourth-order valence-corrected chi connectivity index (χ4v) is 2.84. The molecule has 1 aliphatic heterocycles. The lowest BCUT2D eigenvalue weighted by Crippen LogP contribution is -2.14. The Morgan fingerprint density at radius 3 is 2.39 bits per heavy atom. The molecule has 1 amide bonds. The molecular formula is C19H23N3O. The number of carbonyl (C=O) groups excluding carboxylic acids is 1. The predicted molar refractivity (Wildman–Crippen MR) is 95.0 cm³/mol. The molecule has 1 heterocycles. The van der Waals surface area contributed by atoms with Crippen molar-refractivity contribution in [3.63, 3.8) is 0 Å². The van der Waals surface area contributed by atoms with Gasteiger partial charge < -0.3 is 16.0 Å². The van der Waals surface area contributed by atoms with Gasteiger partial charge in [0.2, 0.25) is 5.91 Å². The molecule has 0 saturated carbocycles. The van der Waals surface area contributed by atoms with Gasteiger partial charge >= 0.3 is 0 Å². The van der Waals surface area contributed by atoms with E-state index in [4.69, 9.17) is 0 Å². The minimum atomic E-state index is 0.0978. The number of amides is 1. The van der Waals surface area contributed by atoms with Crippen molar-refractivity contribution in [2.24, 2.45) is 5.92 Å². The van der Waals surface area contributed by atoms with Crippen LogP contribution in [0, 0.1) is 5.92 Å². The molecule has 0 aromatic heterocycles. The number of benzene rings is 2. The van der Waals surface area contributed by atoms with Crippen LogP contribution in [0.25, 0.3) is 0 Å². The van der Waals surface area contributed by atoms with Gasteiger partial charge in [-0.1, -0.05) is 18.2 Å². The predicted octanol–water partition coefficient (Wildman–Crippen LogP) is 3.76. The number of hydrogen-bond donors (Lipinski definition) is 3. The molecule has 1 unspecified atom stereocenters. The molecule has 2 aromatic rings. The summed E-state index contributed by atoms with van der Waals surface area (Å²) in [5.41, 5.74) is 2.90. The maximum Gasteiger partial charge on any atom is 0.224 e. The molecule has 2 aromatic carbocycles. The lowest BCUT2D eigenvalue weighted by atomic mass is 10.0. The standard InChI is InChI=1S/C19H23N3O/c23-19(11-6-15-12-13-20-14-15)22-18-9-7-17(8-10-18)21-16-4-2-1-3-5-16/h1-5,7-10,15,20-21H,6,11-14H2,(H,22,23). The molecule has 0 radical (unpaired) electrons. The van der Waals surface area contributed by atoms with Crippen LogP contribution in [-0.4, -0.2) is 19.0 Å². The summed E-state index contributed by atoms with van der Waals surface area (Å²) in [6, 6.07) is 17.8. The third-order valence-electron chi connectivity index (χ3n) is 4.17. The third-order valence-corrected chi connectivity index (χ3v) is 4.17. The number of carbonyl (C=O) groups is 1. The Morgan fingerprint density at radius 2 is 1.70 bits per heavy atom. The van der Waals surface area contributed by atoms with Crippen molar-refractivity contribution in [2.45, 2.75) is 19.3 Å². The maximum absolute atomic E-state index is 12.0. The van der Waals surface area contributed by atoms with E-state index in [1.807, 2.05) is 54.6 Å². The summed E-state index contributed by atoms with van der Waals surface area (Å²) < 4.78 is 0. The molecule has 1 saturated heterocycles. The van der Waals surface area contributed by atoms with E-state index in [0.29, 0.717) is 12.3 Å². The van der Waals surface area contributed by atoms with E-state index in [2.05, 4.69) is 16.0 Å². The van der Waals surface area contributed by atoms with Crippen molar-refractivity contribution in [1.29, 1.82) is 0 Å². The summed E-state index contributed by atoms with van der Waals surface area (Å²) in [6.45, 7) is 2.13. The average molecular weight is 309 g/mol. The second-order valence-corrected chi connectivity index (χ2v) is 6.01. The Morgan fingerprint density at radius 1 is 1.00 bits per heavy atom. The number of para-hydroxylation sites is 1. The second kappa shape index (κ2) is 7.79.